The highest BCUT2D eigenvalue weighted by Crippen LogP contribution is 2.46. The second-order valence-corrected chi connectivity index (χ2v) is 7.47. The molecule has 0 spiro atoms. The summed E-state index contributed by atoms with van der Waals surface area (Å²) in [4.78, 5) is 0. The molecule has 1 nitrogen and oxygen atoms in total. The molecule has 0 aromatic heterocycles. The molecular formula is C18H27F2N. The first-order valence-electron chi connectivity index (χ1n) is 7.92. The number of rotatable bonds is 3. The Labute approximate surface area is 127 Å². The highest BCUT2D eigenvalue weighted by molar-refractivity contribution is 5.23. The van der Waals surface area contributed by atoms with E-state index in [9.17, 15) is 8.78 Å². The van der Waals surface area contributed by atoms with Crippen molar-refractivity contribution in [1.29, 1.82) is 0 Å². The fourth-order valence-electron chi connectivity index (χ4n) is 3.68. The van der Waals surface area contributed by atoms with Crippen LogP contribution in [0.25, 0.3) is 0 Å². The van der Waals surface area contributed by atoms with Gasteiger partial charge in [-0.15, -0.1) is 0 Å². The van der Waals surface area contributed by atoms with Gasteiger partial charge in [-0.25, -0.2) is 8.78 Å². The van der Waals surface area contributed by atoms with Crippen LogP contribution < -0.4 is 5.32 Å². The molecule has 1 aromatic rings. The van der Waals surface area contributed by atoms with E-state index in [0.29, 0.717) is 17.8 Å². The molecule has 0 aliphatic heterocycles. The Morgan fingerprint density at radius 3 is 2.43 bits per heavy atom. The predicted molar refractivity (Wildman–Crippen MR) is 83.3 cm³/mol. The SMILES string of the molecule is CNCC1CCC(C(C)(C)C)CC1c1ccc(F)c(F)c1. The molecule has 0 heterocycles. The number of nitrogens with one attached hydrogen (secondary N) is 1. The van der Waals surface area contributed by atoms with Crippen molar-refractivity contribution in [2.75, 3.05) is 13.6 Å². The van der Waals surface area contributed by atoms with E-state index in [1.165, 1.54) is 18.6 Å². The minimum atomic E-state index is -0.757. The van der Waals surface area contributed by atoms with Gasteiger partial charge in [-0.1, -0.05) is 26.8 Å². The molecule has 1 aliphatic carbocycles. The summed E-state index contributed by atoms with van der Waals surface area (Å²) in [6, 6.07) is 4.42. The minimum Gasteiger partial charge on any atom is -0.319 e. The van der Waals surface area contributed by atoms with Crippen molar-refractivity contribution in [3.05, 3.63) is 35.4 Å². The third-order valence-electron chi connectivity index (χ3n) is 5.06. The summed E-state index contributed by atoms with van der Waals surface area (Å²) in [7, 11) is 1.96. The topological polar surface area (TPSA) is 12.0 Å². The van der Waals surface area contributed by atoms with Crippen LogP contribution in [-0.4, -0.2) is 13.6 Å². The van der Waals surface area contributed by atoms with E-state index in [-0.39, 0.29) is 5.41 Å². The van der Waals surface area contributed by atoms with Gasteiger partial charge in [0.2, 0.25) is 0 Å². The highest BCUT2D eigenvalue weighted by atomic mass is 19.2. The summed E-state index contributed by atoms with van der Waals surface area (Å²) in [5, 5.41) is 3.25. The monoisotopic (exact) mass is 295 g/mol. The fraction of sp³-hybridized carbons (Fsp3) is 0.667. The first-order valence-corrected chi connectivity index (χ1v) is 7.92. The first kappa shape index (κ1) is 16.4. The van der Waals surface area contributed by atoms with Gasteiger partial charge in [0.25, 0.3) is 0 Å². The van der Waals surface area contributed by atoms with Gasteiger partial charge in [0.05, 0.1) is 0 Å². The minimum absolute atomic E-state index is 0.265. The van der Waals surface area contributed by atoms with Crippen molar-refractivity contribution in [1.82, 2.24) is 5.32 Å². The summed E-state index contributed by atoms with van der Waals surface area (Å²) in [6.07, 6.45) is 3.42. The average Bonchev–Trinajstić information content (AvgIpc) is 2.41. The Morgan fingerprint density at radius 2 is 1.86 bits per heavy atom. The van der Waals surface area contributed by atoms with E-state index in [4.69, 9.17) is 0 Å². The Bertz CT molecular complexity index is 479. The maximum absolute atomic E-state index is 13.6. The maximum Gasteiger partial charge on any atom is 0.159 e. The van der Waals surface area contributed by atoms with Crippen molar-refractivity contribution >= 4 is 0 Å². The van der Waals surface area contributed by atoms with Crippen molar-refractivity contribution in [2.45, 2.75) is 46.0 Å². The molecule has 3 atom stereocenters. The lowest BCUT2D eigenvalue weighted by molar-refractivity contribution is 0.130. The van der Waals surface area contributed by atoms with Crippen LogP contribution in [0.1, 0.15) is 51.5 Å². The van der Waals surface area contributed by atoms with Gasteiger partial charge in [-0.3, -0.25) is 0 Å². The van der Waals surface area contributed by atoms with Gasteiger partial charge in [0.15, 0.2) is 11.6 Å². The van der Waals surface area contributed by atoms with Crippen LogP contribution in [0.5, 0.6) is 0 Å². The number of hydrogen-bond acceptors (Lipinski definition) is 1. The quantitative estimate of drug-likeness (QED) is 0.850. The Kier molecular flexibility index (Phi) is 5.03. The van der Waals surface area contributed by atoms with Crippen LogP contribution in [0.15, 0.2) is 18.2 Å². The lowest BCUT2D eigenvalue weighted by atomic mass is 9.64. The van der Waals surface area contributed by atoms with Crippen molar-refractivity contribution in [3.8, 4) is 0 Å². The standard InChI is InChI=1S/C18H27F2N/c1-18(2,3)14-7-5-13(11-21-4)15(10-14)12-6-8-16(19)17(20)9-12/h6,8-9,13-15,21H,5,7,10-11H2,1-4H3. The Morgan fingerprint density at radius 1 is 1.14 bits per heavy atom. The number of benzene rings is 1. The Hall–Kier alpha value is -0.960. The van der Waals surface area contributed by atoms with Crippen molar-refractivity contribution in [3.63, 3.8) is 0 Å². The van der Waals surface area contributed by atoms with Crippen LogP contribution in [0.3, 0.4) is 0 Å². The third kappa shape index (κ3) is 3.82. The molecule has 1 fully saturated rings. The summed E-state index contributed by atoms with van der Waals surface area (Å²) in [6.45, 7) is 7.76. The van der Waals surface area contributed by atoms with Crippen molar-refractivity contribution < 1.29 is 8.78 Å². The first-order chi connectivity index (χ1) is 9.82. The zero-order chi connectivity index (χ0) is 15.6. The third-order valence-corrected chi connectivity index (χ3v) is 5.06. The molecule has 1 aromatic carbocycles. The molecule has 3 unspecified atom stereocenters. The van der Waals surface area contributed by atoms with E-state index in [1.807, 2.05) is 7.05 Å². The smallest absolute Gasteiger partial charge is 0.159 e. The molecule has 1 N–H and O–H groups in total. The molecule has 0 bridgehead atoms. The van der Waals surface area contributed by atoms with Gasteiger partial charge in [0, 0.05) is 0 Å². The van der Waals surface area contributed by atoms with E-state index >= 15 is 0 Å². The molecule has 0 saturated heterocycles. The molecular weight excluding hydrogens is 268 g/mol. The number of hydrogen-bond donors (Lipinski definition) is 1. The van der Waals surface area contributed by atoms with E-state index < -0.39 is 11.6 Å². The lowest BCUT2D eigenvalue weighted by Gasteiger charge is -2.42. The van der Waals surface area contributed by atoms with E-state index in [1.54, 1.807) is 6.07 Å². The fourth-order valence-corrected chi connectivity index (χ4v) is 3.68. The second-order valence-electron chi connectivity index (χ2n) is 7.47. The highest BCUT2D eigenvalue weighted by Gasteiger charge is 2.36. The summed E-state index contributed by atoms with van der Waals surface area (Å²) >= 11 is 0. The molecule has 1 aliphatic rings. The van der Waals surface area contributed by atoms with Crippen LogP contribution in [0.2, 0.25) is 0 Å². The van der Waals surface area contributed by atoms with Crippen LogP contribution in [0, 0.1) is 28.9 Å². The van der Waals surface area contributed by atoms with Gasteiger partial charge < -0.3 is 5.32 Å². The molecule has 3 heteroatoms. The normalized spacial score (nSPS) is 26.9. The predicted octanol–water partition coefficient (Wildman–Crippen LogP) is 4.73. The lowest BCUT2D eigenvalue weighted by Crippen LogP contribution is -2.34. The molecule has 21 heavy (non-hydrogen) atoms. The number of halogens is 2. The average molecular weight is 295 g/mol. The van der Waals surface area contributed by atoms with E-state index in [0.717, 1.165) is 24.9 Å². The van der Waals surface area contributed by atoms with Crippen LogP contribution in [0.4, 0.5) is 8.78 Å². The second kappa shape index (κ2) is 6.43. The zero-order valence-electron chi connectivity index (χ0n) is 13.5. The van der Waals surface area contributed by atoms with Gasteiger partial charge >= 0.3 is 0 Å². The largest absolute Gasteiger partial charge is 0.319 e. The molecule has 0 radical (unpaired) electrons. The summed E-state index contributed by atoms with van der Waals surface area (Å²) in [5.41, 5.74) is 1.21. The van der Waals surface area contributed by atoms with Crippen LogP contribution >= 0.6 is 0 Å². The van der Waals surface area contributed by atoms with Gasteiger partial charge in [-0.2, -0.15) is 0 Å². The summed E-state index contributed by atoms with van der Waals surface area (Å²) in [5.74, 6) is -0.0478. The molecule has 118 valence electrons. The maximum atomic E-state index is 13.6. The van der Waals surface area contributed by atoms with Gasteiger partial charge in [-0.05, 0) is 73.7 Å². The Balaban J connectivity index is 2.26. The molecule has 2 rings (SSSR count). The molecule has 0 amide bonds. The van der Waals surface area contributed by atoms with Crippen molar-refractivity contribution in [2.24, 2.45) is 17.3 Å². The van der Waals surface area contributed by atoms with E-state index in [2.05, 4.69) is 26.1 Å². The van der Waals surface area contributed by atoms with Gasteiger partial charge in [0.1, 0.15) is 0 Å². The summed E-state index contributed by atoms with van der Waals surface area (Å²) < 4.78 is 26.8. The molecule has 1 saturated carbocycles. The zero-order valence-corrected chi connectivity index (χ0v) is 13.5. The van der Waals surface area contributed by atoms with Crippen LogP contribution in [-0.2, 0) is 0 Å².